The molecule has 3 aromatic heterocycles. The molecule has 0 amide bonds. The molecule has 3 aromatic rings. The third kappa shape index (κ3) is 3.24. The monoisotopic (exact) mass is 349 g/mol. The maximum absolute atomic E-state index is 4.49. The summed E-state index contributed by atoms with van der Waals surface area (Å²) in [7, 11) is 0. The van der Waals surface area contributed by atoms with E-state index in [0.29, 0.717) is 0 Å². The molecule has 4 rings (SSSR count). The molecule has 1 fully saturated rings. The van der Waals surface area contributed by atoms with Crippen molar-refractivity contribution in [3.05, 3.63) is 53.5 Å². The van der Waals surface area contributed by atoms with Gasteiger partial charge in [-0.2, -0.15) is 5.10 Å². The highest BCUT2D eigenvalue weighted by Crippen LogP contribution is 2.19. The number of hydrogen-bond donors (Lipinski definition) is 0. The van der Waals surface area contributed by atoms with Crippen LogP contribution >= 0.6 is 0 Å². The van der Waals surface area contributed by atoms with E-state index in [2.05, 4.69) is 43.1 Å². The van der Waals surface area contributed by atoms with Crippen molar-refractivity contribution in [3.8, 4) is 5.82 Å². The van der Waals surface area contributed by atoms with Crippen molar-refractivity contribution >= 4 is 11.6 Å². The van der Waals surface area contributed by atoms with Gasteiger partial charge in [-0.1, -0.05) is 0 Å². The Bertz CT molecular complexity index is 893. The van der Waals surface area contributed by atoms with Crippen LogP contribution in [0.15, 0.2) is 36.5 Å². The summed E-state index contributed by atoms with van der Waals surface area (Å²) >= 11 is 0. The lowest BCUT2D eigenvalue weighted by Gasteiger charge is -2.35. The SMILES string of the molecule is Cc1ccnc(N2CCN(c3ccc(-n4nc(C)cc4C)nn3)CC2)c1. The van der Waals surface area contributed by atoms with Gasteiger partial charge in [0.1, 0.15) is 5.82 Å². The summed E-state index contributed by atoms with van der Waals surface area (Å²) in [6.07, 6.45) is 1.88. The van der Waals surface area contributed by atoms with Crippen molar-refractivity contribution in [3.63, 3.8) is 0 Å². The van der Waals surface area contributed by atoms with E-state index in [1.165, 1.54) is 5.56 Å². The topological polar surface area (TPSA) is 63.0 Å². The van der Waals surface area contributed by atoms with Gasteiger partial charge in [-0.15, -0.1) is 10.2 Å². The fourth-order valence-electron chi connectivity index (χ4n) is 3.32. The average Bonchev–Trinajstić information content (AvgIpc) is 3.00. The molecule has 0 bridgehead atoms. The zero-order chi connectivity index (χ0) is 18.1. The van der Waals surface area contributed by atoms with E-state index in [0.717, 1.165) is 55.0 Å². The quantitative estimate of drug-likeness (QED) is 0.723. The Morgan fingerprint density at radius 3 is 2.00 bits per heavy atom. The Hall–Kier alpha value is -2.96. The second-order valence-electron chi connectivity index (χ2n) is 6.75. The molecule has 0 N–H and O–H groups in total. The summed E-state index contributed by atoms with van der Waals surface area (Å²) in [6.45, 7) is 9.77. The Kier molecular flexibility index (Phi) is 4.28. The van der Waals surface area contributed by atoms with Gasteiger partial charge < -0.3 is 9.80 Å². The Balaban J connectivity index is 1.44. The Morgan fingerprint density at radius 2 is 1.42 bits per heavy atom. The minimum absolute atomic E-state index is 0.752. The van der Waals surface area contributed by atoms with E-state index in [9.17, 15) is 0 Å². The second-order valence-corrected chi connectivity index (χ2v) is 6.75. The van der Waals surface area contributed by atoms with Crippen LogP contribution in [-0.2, 0) is 0 Å². The van der Waals surface area contributed by atoms with Gasteiger partial charge in [0.15, 0.2) is 11.6 Å². The molecule has 1 aliphatic heterocycles. The molecule has 4 heterocycles. The molecule has 1 saturated heterocycles. The fraction of sp³-hybridized carbons (Fsp3) is 0.368. The Morgan fingerprint density at radius 1 is 0.769 bits per heavy atom. The highest BCUT2D eigenvalue weighted by Gasteiger charge is 2.19. The van der Waals surface area contributed by atoms with Crippen molar-refractivity contribution in [1.82, 2.24) is 25.0 Å². The lowest BCUT2D eigenvalue weighted by molar-refractivity contribution is 0.636. The number of anilines is 2. The third-order valence-electron chi connectivity index (χ3n) is 4.69. The van der Waals surface area contributed by atoms with Crippen LogP contribution in [0.25, 0.3) is 5.82 Å². The first-order valence-corrected chi connectivity index (χ1v) is 8.90. The first-order chi connectivity index (χ1) is 12.6. The van der Waals surface area contributed by atoms with Crippen LogP contribution in [0.4, 0.5) is 11.6 Å². The molecular formula is C19H23N7. The number of aryl methyl sites for hydroxylation is 3. The first kappa shape index (κ1) is 16.5. The van der Waals surface area contributed by atoms with Gasteiger partial charge in [-0.25, -0.2) is 9.67 Å². The maximum Gasteiger partial charge on any atom is 0.176 e. The summed E-state index contributed by atoms with van der Waals surface area (Å²) in [4.78, 5) is 9.07. The Labute approximate surface area is 153 Å². The van der Waals surface area contributed by atoms with Crippen LogP contribution in [-0.4, -0.2) is 51.1 Å². The van der Waals surface area contributed by atoms with Crippen LogP contribution in [0, 0.1) is 20.8 Å². The van der Waals surface area contributed by atoms with Gasteiger partial charge >= 0.3 is 0 Å². The predicted octanol–water partition coefficient (Wildman–Crippen LogP) is 2.31. The molecule has 134 valence electrons. The predicted molar refractivity (Wildman–Crippen MR) is 102 cm³/mol. The van der Waals surface area contributed by atoms with Crippen molar-refractivity contribution in [2.75, 3.05) is 36.0 Å². The van der Waals surface area contributed by atoms with Crippen LogP contribution in [0.3, 0.4) is 0 Å². The standard InChI is InChI=1S/C19H23N7/c1-14-6-7-20-19(12-14)25-10-8-24(9-11-25)17-4-5-18(22-21-17)26-16(3)13-15(2)23-26/h4-7,12-13H,8-11H2,1-3H3. The van der Waals surface area contributed by atoms with E-state index in [1.807, 2.05) is 49.0 Å². The lowest BCUT2D eigenvalue weighted by atomic mass is 10.2. The van der Waals surface area contributed by atoms with Crippen molar-refractivity contribution in [1.29, 1.82) is 0 Å². The summed E-state index contributed by atoms with van der Waals surface area (Å²) in [5.74, 6) is 2.71. The zero-order valence-electron chi connectivity index (χ0n) is 15.4. The molecule has 0 saturated carbocycles. The molecule has 26 heavy (non-hydrogen) atoms. The van der Waals surface area contributed by atoms with E-state index >= 15 is 0 Å². The van der Waals surface area contributed by atoms with E-state index < -0.39 is 0 Å². The van der Waals surface area contributed by atoms with Crippen LogP contribution in [0.5, 0.6) is 0 Å². The highest BCUT2D eigenvalue weighted by molar-refractivity contribution is 5.46. The van der Waals surface area contributed by atoms with Crippen LogP contribution in [0.1, 0.15) is 17.0 Å². The lowest BCUT2D eigenvalue weighted by Crippen LogP contribution is -2.47. The van der Waals surface area contributed by atoms with Gasteiger partial charge in [0.25, 0.3) is 0 Å². The molecule has 7 nitrogen and oxygen atoms in total. The van der Waals surface area contributed by atoms with Crippen molar-refractivity contribution in [2.45, 2.75) is 20.8 Å². The second kappa shape index (κ2) is 6.74. The van der Waals surface area contributed by atoms with Gasteiger partial charge in [0.2, 0.25) is 0 Å². The van der Waals surface area contributed by atoms with Gasteiger partial charge in [0.05, 0.1) is 5.69 Å². The van der Waals surface area contributed by atoms with E-state index in [1.54, 1.807) is 0 Å². The summed E-state index contributed by atoms with van der Waals surface area (Å²) in [6, 6.07) is 10.2. The van der Waals surface area contributed by atoms with Gasteiger partial charge in [-0.05, 0) is 56.7 Å². The average molecular weight is 349 g/mol. The molecule has 0 aliphatic carbocycles. The molecule has 7 heteroatoms. The molecule has 1 aliphatic rings. The number of piperazine rings is 1. The molecule has 0 aromatic carbocycles. The molecule has 0 atom stereocenters. The number of rotatable bonds is 3. The third-order valence-corrected chi connectivity index (χ3v) is 4.69. The molecular weight excluding hydrogens is 326 g/mol. The van der Waals surface area contributed by atoms with Gasteiger partial charge in [0, 0.05) is 38.1 Å². The smallest absolute Gasteiger partial charge is 0.176 e. The van der Waals surface area contributed by atoms with Crippen molar-refractivity contribution in [2.24, 2.45) is 0 Å². The van der Waals surface area contributed by atoms with Crippen LogP contribution in [0.2, 0.25) is 0 Å². The highest BCUT2D eigenvalue weighted by atomic mass is 15.4. The number of nitrogens with zero attached hydrogens (tertiary/aromatic N) is 7. The van der Waals surface area contributed by atoms with Crippen molar-refractivity contribution < 1.29 is 0 Å². The molecule has 0 unspecified atom stereocenters. The van der Waals surface area contributed by atoms with Gasteiger partial charge in [-0.3, -0.25) is 0 Å². The largest absolute Gasteiger partial charge is 0.353 e. The number of pyridine rings is 1. The normalized spacial score (nSPS) is 14.7. The molecule has 0 radical (unpaired) electrons. The number of hydrogen-bond acceptors (Lipinski definition) is 6. The summed E-state index contributed by atoms with van der Waals surface area (Å²) in [5, 5.41) is 13.3. The van der Waals surface area contributed by atoms with E-state index in [4.69, 9.17) is 0 Å². The number of aromatic nitrogens is 5. The minimum atomic E-state index is 0.752. The van der Waals surface area contributed by atoms with Crippen LogP contribution < -0.4 is 9.80 Å². The van der Waals surface area contributed by atoms with E-state index in [-0.39, 0.29) is 0 Å². The summed E-state index contributed by atoms with van der Waals surface area (Å²) in [5.41, 5.74) is 3.28. The minimum Gasteiger partial charge on any atom is -0.353 e. The molecule has 0 spiro atoms. The summed E-state index contributed by atoms with van der Waals surface area (Å²) < 4.78 is 1.83. The maximum atomic E-state index is 4.49. The first-order valence-electron chi connectivity index (χ1n) is 8.90. The fourth-order valence-corrected chi connectivity index (χ4v) is 3.32. The zero-order valence-corrected chi connectivity index (χ0v) is 15.4.